The van der Waals surface area contributed by atoms with Gasteiger partial charge in [-0.25, -0.2) is 0 Å². The summed E-state index contributed by atoms with van der Waals surface area (Å²) in [4.78, 5) is 11.8. The van der Waals surface area contributed by atoms with Crippen LogP contribution in [-0.4, -0.2) is 12.5 Å². The Morgan fingerprint density at radius 3 is 2.94 bits per heavy atom. The Labute approximate surface area is 115 Å². The summed E-state index contributed by atoms with van der Waals surface area (Å²) in [6.45, 7) is 5.93. The molecule has 1 amide bonds. The average molecular weight is 269 g/mol. The molecule has 0 aliphatic carbocycles. The SMILES string of the molecule is CCC(C)C(=O)Nc1ccc2c(c1)CNCC2.Cl. The van der Waals surface area contributed by atoms with Crippen LogP contribution in [0.3, 0.4) is 0 Å². The Morgan fingerprint density at radius 1 is 1.44 bits per heavy atom. The molecule has 2 rings (SSSR count). The number of nitrogens with one attached hydrogen (secondary N) is 2. The van der Waals surface area contributed by atoms with Gasteiger partial charge >= 0.3 is 0 Å². The molecule has 3 nitrogen and oxygen atoms in total. The predicted octanol–water partition coefficient (Wildman–Crippen LogP) is 2.74. The second kappa shape index (κ2) is 6.76. The molecule has 2 N–H and O–H groups in total. The second-order valence-electron chi connectivity index (χ2n) is 4.71. The van der Waals surface area contributed by atoms with Crippen molar-refractivity contribution in [2.24, 2.45) is 5.92 Å². The lowest BCUT2D eigenvalue weighted by Crippen LogP contribution is -2.24. The molecule has 0 aromatic heterocycles. The molecule has 1 heterocycles. The monoisotopic (exact) mass is 268 g/mol. The maximum Gasteiger partial charge on any atom is 0.227 e. The predicted molar refractivity (Wildman–Crippen MR) is 77.2 cm³/mol. The fraction of sp³-hybridized carbons (Fsp3) is 0.500. The summed E-state index contributed by atoms with van der Waals surface area (Å²) in [6.07, 6.45) is 1.95. The summed E-state index contributed by atoms with van der Waals surface area (Å²) in [5.41, 5.74) is 3.61. The fourth-order valence-corrected chi connectivity index (χ4v) is 2.01. The van der Waals surface area contributed by atoms with Crippen molar-refractivity contribution >= 4 is 24.0 Å². The van der Waals surface area contributed by atoms with Crippen molar-refractivity contribution < 1.29 is 4.79 Å². The lowest BCUT2D eigenvalue weighted by molar-refractivity contribution is -0.119. The van der Waals surface area contributed by atoms with Gasteiger partial charge in [0.2, 0.25) is 5.91 Å². The van der Waals surface area contributed by atoms with Gasteiger partial charge in [-0.15, -0.1) is 12.4 Å². The minimum atomic E-state index is 0. The third-order valence-electron chi connectivity index (χ3n) is 3.42. The standard InChI is InChI=1S/C14H20N2O.ClH/c1-3-10(2)14(17)16-13-5-4-11-6-7-15-9-12(11)8-13;/h4-5,8,10,15H,3,6-7,9H2,1-2H3,(H,16,17);1H. The minimum absolute atomic E-state index is 0. The number of benzene rings is 1. The van der Waals surface area contributed by atoms with Gasteiger partial charge in [0.1, 0.15) is 0 Å². The molecule has 0 fully saturated rings. The molecule has 4 heteroatoms. The first-order valence-corrected chi connectivity index (χ1v) is 6.34. The number of amides is 1. The molecular formula is C14H21ClN2O. The maximum absolute atomic E-state index is 11.8. The van der Waals surface area contributed by atoms with Crippen LogP contribution < -0.4 is 10.6 Å². The van der Waals surface area contributed by atoms with Crippen molar-refractivity contribution in [3.63, 3.8) is 0 Å². The van der Waals surface area contributed by atoms with Crippen LogP contribution in [0.5, 0.6) is 0 Å². The number of fused-ring (bicyclic) bond motifs is 1. The molecular weight excluding hydrogens is 248 g/mol. The molecule has 0 saturated carbocycles. The number of anilines is 1. The molecule has 0 saturated heterocycles. The van der Waals surface area contributed by atoms with Gasteiger partial charge < -0.3 is 10.6 Å². The van der Waals surface area contributed by atoms with Crippen molar-refractivity contribution in [3.8, 4) is 0 Å². The fourth-order valence-electron chi connectivity index (χ4n) is 2.01. The third-order valence-corrected chi connectivity index (χ3v) is 3.42. The largest absolute Gasteiger partial charge is 0.326 e. The van der Waals surface area contributed by atoms with E-state index < -0.39 is 0 Å². The summed E-state index contributed by atoms with van der Waals surface area (Å²) in [5.74, 6) is 0.181. The summed E-state index contributed by atoms with van der Waals surface area (Å²) in [6, 6.07) is 6.22. The van der Waals surface area contributed by atoms with E-state index in [2.05, 4.69) is 22.8 Å². The summed E-state index contributed by atoms with van der Waals surface area (Å²) in [7, 11) is 0. The van der Waals surface area contributed by atoms with E-state index in [0.717, 1.165) is 31.6 Å². The zero-order chi connectivity index (χ0) is 12.3. The van der Waals surface area contributed by atoms with Crippen molar-refractivity contribution in [2.45, 2.75) is 33.2 Å². The molecule has 0 bridgehead atoms. The number of hydrogen-bond donors (Lipinski definition) is 2. The minimum Gasteiger partial charge on any atom is -0.326 e. The van der Waals surface area contributed by atoms with Gasteiger partial charge in [-0.3, -0.25) is 4.79 Å². The first-order valence-electron chi connectivity index (χ1n) is 6.34. The van der Waals surface area contributed by atoms with Crippen LogP contribution in [0.4, 0.5) is 5.69 Å². The zero-order valence-electron chi connectivity index (χ0n) is 11.0. The van der Waals surface area contributed by atoms with Gasteiger partial charge in [0.15, 0.2) is 0 Å². The first kappa shape index (κ1) is 15.0. The second-order valence-corrected chi connectivity index (χ2v) is 4.71. The molecule has 100 valence electrons. The smallest absolute Gasteiger partial charge is 0.227 e. The molecule has 1 atom stereocenters. The van der Waals surface area contributed by atoms with E-state index in [1.807, 2.05) is 19.9 Å². The molecule has 1 aromatic rings. The van der Waals surface area contributed by atoms with Crippen molar-refractivity contribution in [3.05, 3.63) is 29.3 Å². The lowest BCUT2D eigenvalue weighted by atomic mass is 10.0. The number of rotatable bonds is 3. The van der Waals surface area contributed by atoms with Gasteiger partial charge in [0, 0.05) is 18.2 Å². The van der Waals surface area contributed by atoms with Gasteiger partial charge in [-0.1, -0.05) is 19.9 Å². The Balaban J connectivity index is 0.00000162. The van der Waals surface area contributed by atoms with Gasteiger partial charge in [-0.2, -0.15) is 0 Å². The first-order chi connectivity index (χ1) is 8.20. The molecule has 0 radical (unpaired) electrons. The van der Waals surface area contributed by atoms with E-state index in [1.165, 1.54) is 11.1 Å². The molecule has 1 aromatic carbocycles. The third kappa shape index (κ3) is 3.47. The summed E-state index contributed by atoms with van der Waals surface area (Å²) >= 11 is 0. The van der Waals surface area contributed by atoms with E-state index in [0.29, 0.717) is 0 Å². The molecule has 1 aliphatic heterocycles. The Morgan fingerprint density at radius 2 is 2.22 bits per heavy atom. The van der Waals surface area contributed by atoms with Crippen molar-refractivity contribution in [2.75, 3.05) is 11.9 Å². The maximum atomic E-state index is 11.8. The van der Waals surface area contributed by atoms with Crippen LogP contribution in [0, 0.1) is 5.92 Å². The Bertz CT molecular complexity index is 420. The van der Waals surface area contributed by atoms with Crippen LogP contribution in [-0.2, 0) is 17.8 Å². The van der Waals surface area contributed by atoms with E-state index in [1.54, 1.807) is 0 Å². The molecule has 0 spiro atoms. The van der Waals surface area contributed by atoms with E-state index in [4.69, 9.17) is 0 Å². The highest BCUT2D eigenvalue weighted by Crippen LogP contribution is 2.19. The van der Waals surface area contributed by atoms with E-state index >= 15 is 0 Å². The van der Waals surface area contributed by atoms with Crippen LogP contribution in [0.25, 0.3) is 0 Å². The Kier molecular flexibility index (Phi) is 5.63. The number of carbonyl (C=O) groups excluding carboxylic acids is 1. The lowest BCUT2D eigenvalue weighted by Gasteiger charge is -2.18. The van der Waals surface area contributed by atoms with Gasteiger partial charge in [-0.05, 0) is 42.6 Å². The zero-order valence-corrected chi connectivity index (χ0v) is 11.8. The van der Waals surface area contributed by atoms with Crippen LogP contribution >= 0.6 is 12.4 Å². The number of carbonyl (C=O) groups is 1. The molecule has 18 heavy (non-hydrogen) atoms. The van der Waals surface area contributed by atoms with E-state index in [-0.39, 0.29) is 24.2 Å². The van der Waals surface area contributed by atoms with Crippen LogP contribution in [0.15, 0.2) is 18.2 Å². The van der Waals surface area contributed by atoms with Crippen LogP contribution in [0.2, 0.25) is 0 Å². The highest BCUT2D eigenvalue weighted by atomic mass is 35.5. The van der Waals surface area contributed by atoms with Crippen molar-refractivity contribution in [1.29, 1.82) is 0 Å². The topological polar surface area (TPSA) is 41.1 Å². The number of halogens is 1. The molecule has 1 unspecified atom stereocenters. The highest BCUT2D eigenvalue weighted by molar-refractivity contribution is 5.92. The summed E-state index contributed by atoms with van der Waals surface area (Å²) in [5, 5.41) is 6.32. The highest BCUT2D eigenvalue weighted by Gasteiger charge is 2.13. The normalized spacial score (nSPS) is 15.2. The Hall–Kier alpha value is -1.06. The van der Waals surface area contributed by atoms with Gasteiger partial charge in [0.25, 0.3) is 0 Å². The number of hydrogen-bond acceptors (Lipinski definition) is 2. The molecule has 1 aliphatic rings. The van der Waals surface area contributed by atoms with E-state index in [9.17, 15) is 4.79 Å². The summed E-state index contributed by atoms with van der Waals surface area (Å²) < 4.78 is 0. The van der Waals surface area contributed by atoms with Gasteiger partial charge in [0.05, 0.1) is 0 Å². The van der Waals surface area contributed by atoms with Crippen LogP contribution in [0.1, 0.15) is 31.4 Å². The average Bonchev–Trinajstić information content (AvgIpc) is 2.37. The quantitative estimate of drug-likeness (QED) is 0.885. The van der Waals surface area contributed by atoms with Crippen molar-refractivity contribution in [1.82, 2.24) is 5.32 Å².